The Kier molecular flexibility index (Phi) is 4.44. The molecule has 0 saturated carbocycles. The van der Waals surface area contributed by atoms with Crippen LogP contribution in [0.25, 0.3) is 11.1 Å². The van der Waals surface area contributed by atoms with Gasteiger partial charge in [-0.05, 0) is 33.3 Å². The average Bonchev–Trinajstić information content (AvgIpc) is 2.83. The first-order valence-corrected chi connectivity index (χ1v) is 7.11. The van der Waals surface area contributed by atoms with Crippen LogP contribution < -0.4 is 0 Å². The van der Waals surface area contributed by atoms with Crippen LogP contribution in [0.15, 0.2) is 10.6 Å². The number of aryl methyl sites for hydroxylation is 2. The predicted molar refractivity (Wildman–Crippen MR) is 79.7 cm³/mol. The van der Waals surface area contributed by atoms with Gasteiger partial charge in [-0.3, -0.25) is 9.59 Å². The van der Waals surface area contributed by atoms with Crippen LogP contribution in [-0.2, 0) is 4.79 Å². The average molecular weight is 305 g/mol. The van der Waals surface area contributed by atoms with Crippen molar-refractivity contribution in [3.8, 4) is 0 Å². The molecule has 1 unspecified atom stereocenters. The van der Waals surface area contributed by atoms with Gasteiger partial charge in [0.2, 0.25) is 0 Å². The largest absolute Gasteiger partial charge is 0.480 e. The third-order valence-electron chi connectivity index (χ3n) is 3.66. The Hall–Kier alpha value is -2.44. The van der Waals surface area contributed by atoms with Gasteiger partial charge >= 0.3 is 5.97 Å². The number of fused-ring (bicyclic) bond motifs is 1. The molecule has 7 nitrogen and oxygen atoms in total. The quantitative estimate of drug-likeness (QED) is 0.909. The molecule has 0 aliphatic rings. The minimum absolute atomic E-state index is 0.188. The Morgan fingerprint density at radius 2 is 2.09 bits per heavy atom. The van der Waals surface area contributed by atoms with Crippen LogP contribution in [0.2, 0.25) is 0 Å². The van der Waals surface area contributed by atoms with Crippen molar-refractivity contribution in [2.75, 3.05) is 6.54 Å². The van der Waals surface area contributed by atoms with Gasteiger partial charge in [-0.15, -0.1) is 0 Å². The highest BCUT2D eigenvalue weighted by Gasteiger charge is 2.26. The summed E-state index contributed by atoms with van der Waals surface area (Å²) in [6.07, 6.45) is 0.662. The molecule has 1 N–H and O–H groups in total. The highest BCUT2D eigenvalue weighted by atomic mass is 16.5. The fourth-order valence-electron chi connectivity index (χ4n) is 2.33. The van der Waals surface area contributed by atoms with E-state index < -0.39 is 5.97 Å². The molecule has 1 amide bonds. The second-order valence-electron chi connectivity index (χ2n) is 5.34. The van der Waals surface area contributed by atoms with Gasteiger partial charge in [0, 0.05) is 11.7 Å². The van der Waals surface area contributed by atoms with Crippen molar-refractivity contribution >= 4 is 23.0 Å². The number of aliphatic carboxylic acids is 1. The fraction of sp³-hybridized carbons (Fsp3) is 0.467. The van der Waals surface area contributed by atoms with Crippen molar-refractivity contribution in [1.82, 2.24) is 15.0 Å². The molecule has 0 fully saturated rings. The summed E-state index contributed by atoms with van der Waals surface area (Å²) in [5.41, 5.74) is 1.85. The number of carbonyl (C=O) groups is 2. The van der Waals surface area contributed by atoms with Crippen LogP contribution in [0.3, 0.4) is 0 Å². The standard InChI is InChI=1S/C15H19N3O4/c1-5-9(3)18(7-12(19)20)15(21)11-6-8(2)16-14-13(11)10(4)17-22-14/h6,9H,5,7H2,1-4H3,(H,19,20). The Bertz CT molecular complexity index is 723. The molecule has 2 aromatic heterocycles. The van der Waals surface area contributed by atoms with Gasteiger partial charge in [0.05, 0.1) is 16.6 Å². The van der Waals surface area contributed by atoms with Crippen LogP contribution in [0.4, 0.5) is 0 Å². The summed E-state index contributed by atoms with van der Waals surface area (Å²) in [4.78, 5) is 29.5. The SMILES string of the molecule is CCC(C)N(CC(=O)O)C(=O)c1cc(C)nc2onc(C)c12. The normalized spacial score (nSPS) is 12.4. The summed E-state index contributed by atoms with van der Waals surface area (Å²) in [5.74, 6) is -1.39. The number of aromatic nitrogens is 2. The monoisotopic (exact) mass is 305 g/mol. The highest BCUT2D eigenvalue weighted by molar-refractivity contribution is 6.06. The van der Waals surface area contributed by atoms with Gasteiger partial charge < -0.3 is 14.5 Å². The summed E-state index contributed by atoms with van der Waals surface area (Å²) < 4.78 is 5.12. The molecule has 2 rings (SSSR count). The lowest BCUT2D eigenvalue weighted by Gasteiger charge is -2.27. The van der Waals surface area contributed by atoms with Crippen molar-refractivity contribution in [3.63, 3.8) is 0 Å². The maximum absolute atomic E-state index is 12.9. The van der Waals surface area contributed by atoms with E-state index in [4.69, 9.17) is 9.63 Å². The molecule has 0 aliphatic heterocycles. The molecule has 7 heteroatoms. The topological polar surface area (TPSA) is 96.5 Å². The van der Waals surface area contributed by atoms with Gasteiger partial charge in [-0.25, -0.2) is 4.98 Å². The zero-order valence-corrected chi connectivity index (χ0v) is 13.1. The van der Waals surface area contributed by atoms with E-state index in [1.165, 1.54) is 4.90 Å². The third-order valence-corrected chi connectivity index (χ3v) is 3.66. The van der Waals surface area contributed by atoms with Crippen molar-refractivity contribution in [1.29, 1.82) is 0 Å². The molecule has 0 aromatic carbocycles. The van der Waals surface area contributed by atoms with Crippen molar-refractivity contribution in [2.24, 2.45) is 0 Å². The molecular formula is C15H19N3O4. The number of hydrogen-bond acceptors (Lipinski definition) is 5. The van der Waals surface area contributed by atoms with E-state index in [1.807, 2.05) is 13.8 Å². The lowest BCUT2D eigenvalue weighted by atomic mass is 10.1. The van der Waals surface area contributed by atoms with Gasteiger partial charge in [-0.2, -0.15) is 0 Å². The van der Waals surface area contributed by atoms with E-state index in [-0.39, 0.29) is 18.5 Å². The first-order chi connectivity index (χ1) is 10.3. The molecule has 0 spiro atoms. The molecule has 0 saturated heterocycles. The summed E-state index contributed by atoms with van der Waals surface area (Å²) in [6, 6.07) is 1.46. The van der Waals surface area contributed by atoms with E-state index >= 15 is 0 Å². The number of pyridine rings is 1. The van der Waals surface area contributed by atoms with E-state index in [0.717, 1.165) is 0 Å². The molecule has 0 aliphatic carbocycles. The Labute approximate surface area is 127 Å². The zero-order valence-electron chi connectivity index (χ0n) is 13.1. The summed E-state index contributed by atoms with van der Waals surface area (Å²) >= 11 is 0. The van der Waals surface area contributed by atoms with E-state index in [0.29, 0.717) is 34.5 Å². The van der Waals surface area contributed by atoms with Crippen molar-refractivity contribution in [3.05, 3.63) is 23.0 Å². The maximum atomic E-state index is 12.9. The number of hydrogen-bond donors (Lipinski definition) is 1. The fourth-order valence-corrected chi connectivity index (χ4v) is 2.33. The second-order valence-corrected chi connectivity index (χ2v) is 5.34. The smallest absolute Gasteiger partial charge is 0.323 e. The van der Waals surface area contributed by atoms with E-state index in [9.17, 15) is 9.59 Å². The Morgan fingerprint density at radius 3 is 2.68 bits per heavy atom. The van der Waals surface area contributed by atoms with Crippen LogP contribution in [0, 0.1) is 13.8 Å². The molecule has 0 bridgehead atoms. The maximum Gasteiger partial charge on any atom is 0.323 e. The van der Waals surface area contributed by atoms with Gasteiger partial charge in [-0.1, -0.05) is 12.1 Å². The van der Waals surface area contributed by atoms with E-state index in [2.05, 4.69) is 10.1 Å². The van der Waals surface area contributed by atoms with Crippen molar-refractivity contribution in [2.45, 2.75) is 40.2 Å². The number of nitrogens with zero attached hydrogens (tertiary/aromatic N) is 3. The van der Waals surface area contributed by atoms with Crippen LogP contribution in [0.5, 0.6) is 0 Å². The zero-order chi connectivity index (χ0) is 16.4. The molecule has 22 heavy (non-hydrogen) atoms. The lowest BCUT2D eigenvalue weighted by Crippen LogP contribution is -2.42. The summed E-state index contributed by atoms with van der Waals surface area (Å²) in [6.45, 7) is 6.86. The number of carboxylic acid groups (broad SMARTS) is 1. The summed E-state index contributed by atoms with van der Waals surface area (Å²) in [7, 11) is 0. The van der Waals surface area contributed by atoms with E-state index in [1.54, 1.807) is 19.9 Å². The summed E-state index contributed by atoms with van der Waals surface area (Å²) in [5, 5.41) is 13.4. The van der Waals surface area contributed by atoms with Gasteiger partial charge in [0.15, 0.2) is 0 Å². The van der Waals surface area contributed by atoms with Gasteiger partial charge in [0.25, 0.3) is 11.6 Å². The molecule has 1 atom stereocenters. The third kappa shape index (κ3) is 2.93. The molecular weight excluding hydrogens is 286 g/mol. The van der Waals surface area contributed by atoms with Crippen LogP contribution >= 0.6 is 0 Å². The molecule has 2 heterocycles. The minimum Gasteiger partial charge on any atom is -0.480 e. The molecule has 0 radical (unpaired) electrons. The van der Waals surface area contributed by atoms with Crippen LogP contribution in [-0.4, -0.2) is 44.6 Å². The number of carbonyl (C=O) groups excluding carboxylic acids is 1. The first-order valence-electron chi connectivity index (χ1n) is 7.11. The Morgan fingerprint density at radius 1 is 1.41 bits per heavy atom. The molecule has 118 valence electrons. The second kappa shape index (κ2) is 6.13. The first kappa shape index (κ1) is 15.9. The predicted octanol–water partition coefficient (Wildman–Crippen LogP) is 2.16. The molecule has 2 aromatic rings. The highest BCUT2D eigenvalue weighted by Crippen LogP contribution is 2.24. The number of rotatable bonds is 5. The number of amides is 1. The Balaban J connectivity index is 2.54. The van der Waals surface area contributed by atoms with Gasteiger partial charge in [0.1, 0.15) is 6.54 Å². The lowest BCUT2D eigenvalue weighted by molar-refractivity contribution is -0.138. The van der Waals surface area contributed by atoms with Crippen molar-refractivity contribution < 1.29 is 19.2 Å². The number of carboxylic acids is 1. The van der Waals surface area contributed by atoms with Crippen LogP contribution in [0.1, 0.15) is 42.0 Å². The minimum atomic E-state index is -1.04.